The summed E-state index contributed by atoms with van der Waals surface area (Å²) < 4.78 is 5.86. The molecule has 0 aromatic rings. The lowest BCUT2D eigenvalue weighted by molar-refractivity contribution is -0.147. The Morgan fingerprint density at radius 1 is 0.586 bits per heavy atom. The molecule has 0 aromatic heterocycles. The Balaban J connectivity index is 0. The van der Waals surface area contributed by atoms with E-state index < -0.39 is 11.2 Å². The largest absolute Gasteiger partial charge is 0.482 e. The van der Waals surface area contributed by atoms with Crippen LogP contribution in [0.5, 0.6) is 0 Å². The molecule has 3 N–H and O–H groups in total. The number of hydrogen-bond acceptors (Lipinski definition) is 4. The first-order valence-corrected chi connectivity index (χ1v) is 12.2. The van der Waals surface area contributed by atoms with Gasteiger partial charge in [0.25, 0.3) is 0 Å². The Kier molecular flexibility index (Phi) is 22.7. The number of hydrogen-bond donors (Lipinski definition) is 3. The fraction of sp³-hybridized carbons (Fsp3) is 1.00. The average molecular weight is 415 g/mol. The highest BCUT2D eigenvalue weighted by Gasteiger charge is 2.35. The molecule has 0 aliphatic rings. The summed E-state index contributed by atoms with van der Waals surface area (Å²) in [5.74, 6) is 0. The van der Waals surface area contributed by atoms with E-state index in [1.807, 2.05) is 27.7 Å². The van der Waals surface area contributed by atoms with Gasteiger partial charge in [-0.15, -0.1) is 0 Å². The fourth-order valence-electron chi connectivity index (χ4n) is 3.15. The van der Waals surface area contributed by atoms with E-state index in [9.17, 15) is 5.11 Å². The third kappa shape index (κ3) is 22.4. The Bertz CT molecular complexity index is 316. The highest BCUT2D eigenvalue weighted by Crippen LogP contribution is 2.25. The van der Waals surface area contributed by atoms with Crippen molar-refractivity contribution in [2.24, 2.45) is 0 Å². The van der Waals surface area contributed by atoms with Crippen molar-refractivity contribution in [2.45, 2.75) is 149 Å². The molecule has 0 saturated heterocycles. The van der Waals surface area contributed by atoms with Gasteiger partial charge in [-0.2, -0.15) is 0 Å². The molecule has 0 aliphatic heterocycles. The molecule has 0 spiro atoms. The predicted octanol–water partition coefficient (Wildman–Crippen LogP) is 6.32. The molecule has 0 atom stereocenters. The predicted molar refractivity (Wildman–Crippen MR) is 126 cm³/mol. The van der Waals surface area contributed by atoms with Gasteiger partial charge in [-0.05, 0) is 34.1 Å². The fourth-order valence-corrected chi connectivity index (χ4v) is 3.15. The van der Waals surface area contributed by atoms with Gasteiger partial charge in [0.1, 0.15) is 0 Å². The van der Waals surface area contributed by atoms with Crippen molar-refractivity contribution in [1.29, 1.82) is 0 Å². The second kappa shape index (κ2) is 21.1. The van der Waals surface area contributed by atoms with Crippen LogP contribution in [0.2, 0.25) is 0 Å². The Labute approximate surface area is 183 Å². The van der Waals surface area contributed by atoms with Crippen molar-refractivity contribution in [3.8, 4) is 0 Å². The molecular weight excluding hydrogens is 363 g/mol. The molecule has 0 amide bonds. The van der Waals surface area contributed by atoms with E-state index >= 15 is 0 Å². The normalized spacial score (nSPS) is 11.9. The molecule has 4 nitrogen and oxygen atoms in total. The van der Waals surface area contributed by atoms with E-state index in [0.717, 1.165) is 13.0 Å². The number of aliphatic hydroxyl groups is 1. The van der Waals surface area contributed by atoms with Crippen molar-refractivity contribution in [1.82, 2.24) is 0 Å². The van der Waals surface area contributed by atoms with Crippen LogP contribution in [0.4, 0.5) is 0 Å². The quantitative estimate of drug-likeness (QED) is 0.171. The van der Waals surface area contributed by atoms with Crippen molar-refractivity contribution >= 4 is 7.69 Å². The van der Waals surface area contributed by atoms with Gasteiger partial charge in [-0.1, -0.05) is 103 Å². The van der Waals surface area contributed by atoms with Crippen molar-refractivity contribution in [2.75, 3.05) is 6.61 Å². The SMILES string of the molecule is CCCCCCCCCCCCCCCCCCOC(C)(C)C(C)(C)O.O[B]O. The minimum Gasteiger partial charge on any atom is -0.429 e. The van der Waals surface area contributed by atoms with Crippen LogP contribution in [0.1, 0.15) is 137 Å². The molecule has 1 radical (unpaired) electrons. The van der Waals surface area contributed by atoms with Gasteiger partial charge in [0.2, 0.25) is 0 Å². The number of unbranched alkanes of at least 4 members (excludes halogenated alkanes) is 15. The van der Waals surface area contributed by atoms with E-state index in [4.69, 9.17) is 14.8 Å². The van der Waals surface area contributed by atoms with Gasteiger partial charge in [-0.3, -0.25) is 0 Å². The maximum absolute atomic E-state index is 10.1. The van der Waals surface area contributed by atoms with Gasteiger partial charge in [0.05, 0.1) is 11.2 Å². The van der Waals surface area contributed by atoms with Crippen LogP contribution in [-0.4, -0.2) is 40.6 Å². The van der Waals surface area contributed by atoms with Crippen molar-refractivity contribution < 1.29 is 19.9 Å². The van der Waals surface area contributed by atoms with E-state index in [1.165, 1.54) is 96.3 Å². The first-order valence-electron chi connectivity index (χ1n) is 12.2. The maximum atomic E-state index is 10.1. The monoisotopic (exact) mass is 415 g/mol. The van der Waals surface area contributed by atoms with Gasteiger partial charge in [0, 0.05) is 6.61 Å². The summed E-state index contributed by atoms with van der Waals surface area (Å²) >= 11 is 0. The van der Waals surface area contributed by atoms with Crippen LogP contribution >= 0.6 is 0 Å². The molecule has 0 saturated carbocycles. The third-order valence-corrected chi connectivity index (χ3v) is 5.93. The Morgan fingerprint density at radius 2 is 0.862 bits per heavy atom. The second-order valence-electron chi connectivity index (χ2n) is 9.34. The summed E-state index contributed by atoms with van der Waals surface area (Å²) in [6.45, 7) is 10.6. The summed E-state index contributed by atoms with van der Waals surface area (Å²) in [5.41, 5.74) is -1.26. The molecule has 175 valence electrons. The summed E-state index contributed by atoms with van der Waals surface area (Å²) in [5, 5.41) is 24.1. The summed E-state index contributed by atoms with van der Waals surface area (Å²) in [6, 6.07) is 0. The van der Waals surface area contributed by atoms with Gasteiger partial charge >= 0.3 is 7.69 Å². The molecule has 0 heterocycles. The smallest absolute Gasteiger partial charge is 0.429 e. The lowest BCUT2D eigenvalue weighted by Crippen LogP contribution is -2.47. The van der Waals surface area contributed by atoms with Crippen LogP contribution in [0.3, 0.4) is 0 Å². The third-order valence-electron chi connectivity index (χ3n) is 5.93. The molecule has 0 aromatic carbocycles. The first kappa shape index (κ1) is 31.1. The maximum Gasteiger partial charge on any atom is 0.482 e. The summed E-state index contributed by atoms with van der Waals surface area (Å²) in [6.07, 6.45) is 22.2. The van der Waals surface area contributed by atoms with E-state index in [0.29, 0.717) is 0 Å². The molecule has 0 unspecified atom stereocenters. The standard InChI is InChI=1S/C24H50O2.BH2O2/c1-6-7-8-9-10-11-12-13-14-15-16-17-18-19-20-21-22-26-24(4,5)23(2,3)25;2-1-3/h25H,6-22H2,1-5H3;2-3H. The Hall–Kier alpha value is -0.0951. The summed E-state index contributed by atoms with van der Waals surface area (Å²) in [7, 11) is 0. The van der Waals surface area contributed by atoms with E-state index in [1.54, 1.807) is 0 Å². The Morgan fingerprint density at radius 3 is 1.14 bits per heavy atom. The highest BCUT2D eigenvalue weighted by atomic mass is 16.5. The van der Waals surface area contributed by atoms with Crippen LogP contribution in [0.25, 0.3) is 0 Å². The second-order valence-corrected chi connectivity index (χ2v) is 9.34. The summed E-state index contributed by atoms with van der Waals surface area (Å²) in [4.78, 5) is 0. The zero-order chi connectivity index (χ0) is 22.4. The van der Waals surface area contributed by atoms with Crippen LogP contribution in [0, 0.1) is 0 Å². The molecular formula is C24H52BO4. The van der Waals surface area contributed by atoms with Crippen LogP contribution in [-0.2, 0) is 4.74 Å². The minimum absolute atomic E-state index is 0. The van der Waals surface area contributed by atoms with E-state index in [-0.39, 0.29) is 7.69 Å². The lowest BCUT2D eigenvalue weighted by atomic mass is 9.89. The van der Waals surface area contributed by atoms with Crippen molar-refractivity contribution in [3.05, 3.63) is 0 Å². The molecule has 0 fully saturated rings. The topological polar surface area (TPSA) is 69.9 Å². The minimum atomic E-state index is -0.790. The highest BCUT2D eigenvalue weighted by molar-refractivity contribution is 6.13. The van der Waals surface area contributed by atoms with E-state index in [2.05, 4.69) is 6.92 Å². The molecule has 0 aliphatic carbocycles. The van der Waals surface area contributed by atoms with Crippen LogP contribution < -0.4 is 0 Å². The average Bonchev–Trinajstić information content (AvgIpc) is 2.64. The number of ether oxygens (including phenoxy) is 1. The van der Waals surface area contributed by atoms with Gasteiger partial charge in [0.15, 0.2) is 0 Å². The molecule has 5 heteroatoms. The van der Waals surface area contributed by atoms with Gasteiger partial charge in [-0.25, -0.2) is 0 Å². The van der Waals surface area contributed by atoms with Gasteiger partial charge < -0.3 is 19.9 Å². The zero-order valence-corrected chi connectivity index (χ0v) is 20.3. The zero-order valence-electron chi connectivity index (χ0n) is 20.3. The number of rotatable bonds is 19. The van der Waals surface area contributed by atoms with Crippen LogP contribution in [0.15, 0.2) is 0 Å². The lowest BCUT2D eigenvalue weighted by Gasteiger charge is -2.37. The van der Waals surface area contributed by atoms with Crippen molar-refractivity contribution in [3.63, 3.8) is 0 Å². The molecule has 29 heavy (non-hydrogen) atoms. The molecule has 0 rings (SSSR count). The molecule has 0 bridgehead atoms. The first-order chi connectivity index (χ1) is 13.7.